The van der Waals surface area contributed by atoms with Gasteiger partial charge in [-0.1, -0.05) is 45.4 Å². The van der Waals surface area contributed by atoms with Crippen molar-refractivity contribution in [2.75, 3.05) is 13.2 Å². The average molecular weight is 493 g/mol. The Bertz CT molecular complexity index is 780. The minimum atomic E-state index is -1.12. The number of hydrogen-bond acceptors (Lipinski definition) is 5. The molecule has 0 aliphatic rings. The maximum atomic E-state index is 12.1. The first kappa shape index (κ1) is 29.9. The summed E-state index contributed by atoms with van der Waals surface area (Å²) >= 11 is 0. The van der Waals surface area contributed by atoms with Gasteiger partial charge in [0.15, 0.2) is 0 Å². The molecule has 9 heteroatoms. The monoisotopic (exact) mass is 492 g/mol. The van der Waals surface area contributed by atoms with Crippen LogP contribution in [0.15, 0.2) is 24.3 Å². The highest BCUT2D eigenvalue weighted by atomic mass is 16.5. The van der Waals surface area contributed by atoms with Crippen LogP contribution in [0.2, 0.25) is 0 Å². The molecule has 9 nitrogen and oxygen atoms in total. The molecule has 0 saturated carbocycles. The van der Waals surface area contributed by atoms with Crippen molar-refractivity contribution in [3.8, 4) is 5.75 Å². The molecule has 1 unspecified atom stereocenters. The van der Waals surface area contributed by atoms with Gasteiger partial charge in [0.2, 0.25) is 11.8 Å². The van der Waals surface area contributed by atoms with Gasteiger partial charge in [-0.15, -0.1) is 0 Å². The highest BCUT2D eigenvalue weighted by Crippen LogP contribution is 2.14. The molecule has 196 valence electrons. The number of benzene rings is 1. The van der Waals surface area contributed by atoms with E-state index in [2.05, 4.69) is 10.6 Å². The van der Waals surface area contributed by atoms with Gasteiger partial charge in [-0.2, -0.15) is 0 Å². The van der Waals surface area contributed by atoms with Crippen molar-refractivity contribution in [1.29, 1.82) is 0 Å². The van der Waals surface area contributed by atoms with Crippen molar-refractivity contribution >= 4 is 23.8 Å². The number of carbonyl (C=O) groups excluding carboxylic acids is 2. The summed E-state index contributed by atoms with van der Waals surface area (Å²) in [5.41, 5.74) is 0.235. The highest BCUT2D eigenvalue weighted by molar-refractivity contribution is 5.87. The van der Waals surface area contributed by atoms with Gasteiger partial charge in [-0.05, 0) is 49.9 Å². The second-order valence-corrected chi connectivity index (χ2v) is 8.60. The molecular formula is C26H40N2O7. The Kier molecular flexibility index (Phi) is 15.6. The van der Waals surface area contributed by atoms with Crippen LogP contribution in [0.3, 0.4) is 0 Å². The van der Waals surface area contributed by atoms with Gasteiger partial charge in [0, 0.05) is 19.4 Å². The largest absolute Gasteiger partial charge is 0.494 e. The van der Waals surface area contributed by atoms with E-state index in [0.717, 1.165) is 51.4 Å². The van der Waals surface area contributed by atoms with Gasteiger partial charge in [0.05, 0.1) is 12.2 Å². The summed E-state index contributed by atoms with van der Waals surface area (Å²) in [4.78, 5) is 46.0. The summed E-state index contributed by atoms with van der Waals surface area (Å²) in [5.74, 6) is -1.91. The third-order valence-electron chi connectivity index (χ3n) is 5.56. The number of unbranched alkanes of at least 4 members (excludes halogenated alkanes) is 7. The van der Waals surface area contributed by atoms with Crippen molar-refractivity contribution in [3.63, 3.8) is 0 Å². The van der Waals surface area contributed by atoms with Gasteiger partial charge >= 0.3 is 11.9 Å². The lowest BCUT2D eigenvalue weighted by molar-refractivity contribution is -0.142. The van der Waals surface area contributed by atoms with E-state index in [1.807, 2.05) is 6.92 Å². The molecule has 1 aromatic rings. The predicted molar refractivity (Wildman–Crippen MR) is 133 cm³/mol. The highest BCUT2D eigenvalue weighted by Gasteiger charge is 2.20. The van der Waals surface area contributed by atoms with E-state index >= 15 is 0 Å². The molecule has 0 heterocycles. The summed E-state index contributed by atoms with van der Waals surface area (Å²) in [7, 11) is 0. The Morgan fingerprint density at radius 3 is 2.06 bits per heavy atom. The minimum absolute atomic E-state index is 0.0724. The van der Waals surface area contributed by atoms with Crippen molar-refractivity contribution in [1.82, 2.24) is 10.6 Å². The molecule has 1 rings (SSSR count). The van der Waals surface area contributed by atoms with E-state index in [0.29, 0.717) is 25.3 Å². The van der Waals surface area contributed by atoms with E-state index in [4.69, 9.17) is 9.84 Å². The Labute approximate surface area is 207 Å². The minimum Gasteiger partial charge on any atom is -0.494 e. The maximum absolute atomic E-state index is 12.1. The quantitative estimate of drug-likeness (QED) is 0.200. The number of carbonyl (C=O) groups is 4. The number of hydrogen-bond donors (Lipinski definition) is 4. The zero-order valence-electron chi connectivity index (χ0n) is 20.7. The molecule has 0 spiro atoms. The molecule has 0 bridgehead atoms. The molecule has 0 radical (unpaired) electrons. The fraction of sp³-hybridized carbons (Fsp3) is 0.615. The number of aliphatic carboxylic acids is 1. The topological polar surface area (TPSA) is 142 Å². The van der Waals surface area contributed by atoms with Crippen LogP contribution >= 0.6 is 0 Å². The van der Waals surface area contributed by atoms with E-state index in [1.54, 1.807) is 12.1 Å². The Balaban J connectivity index is 2.05. The molecule has 2 amide bonds. The van der Waals surface area contributed by atoms with Crippen LogP contribution in [-0.4, -0.2) is 53.2 Å². The first-order valence-corrected chi connectivity index (χ1v) is 12.6. The van der Waals surface area contributed by atoms with Gasteiger partial charge in [0.25, 0.3) is 0 Å². The third kappa shape index (κ3) is 14.7. The van der Waals surface area contributed by atoms with Gasteiger partial charge < -0.3 is 25.6 Å². The summed E-state index contributed by atoms with van der Waals surface area (Å²) in [6.07, 6.45) is 8.95. The van der Waals surface area contributed by atoms with Crippen molar-refractivity contribution in [2.45, 2.75) is 90.0 Å². The number of ether oxygens (including phenoxy) is 1. The van der Waals surface area contributed by atoms with Crippen LogP contribution in [0, 0.1) is 0 Å². The maximum Gasteiger partial charge on any atom is 0.335 e. The lowest BCUT2D eigenvalue weighted by atomic mass is 10.1. The molecule has 0 aliphatic carbocycles. The third-order valence-corrected chi connectivity index (χ3v) is 5.56. The van der Waals surface area contributed by atoms with Gasteiger partial charge in [0.1, 0.15) is 11.8 Å². The van der Waals surface area contributed by atoms with Crippen LogP contribution < -0.4 is 15.4 Å². The van der Waals surface area contributed by atoms with Crippen LogP contribution in [0.5, 0.6) is 5.75 Å². The van der Waals surface area contributed by atoms with Crippen LogP contribution in [0.1, 0.15) is 94.3 Å². The molecule has 35 heavy (non-hydrogen) atoms. The summed E-state index contributed by atoms with van der Waals surface area (Å²) < 4.78 is 5.61. The number of rotatable bonds is 20. The summed E-state index contributed by atoms with van der Waals surface area (Å²) in [5, 5.41) is 23.4. The van der Waals surface area contributed by atoms with E-state index in [9.17, 15) is 24.3 Å². The average Bonchev–Trinajstić information content (AvgIpc) is 2.83. The second kappa shape index (κ2) is 18.3. The number of carboxylic acids is 2. The van der Waals surface area contributed by atoms with Crippen LogP contribution in [0.25, 0.3) is 0 Å². The SMILES string of the molecule is CCCCNC(=O)CCC(NC(=O)CCCCCCCCCOc1ccc(C(=O)O)cc1)C(=O)O. The molecule has 0 aromatic heterocycles. The van der Waals surface area contributed by atoms with Crippen LogP contribution in [0.4, 0.5) is 0 Å². The van der Waals surface area contributed by atoms with Crippen molar-refractivity contribution in [3.05, 3.63) is 29.8 Å². The zero-order chi connectivity index (χ0) is 25.9. The Morgan fingerprint density at radius 1 is 0.829 bits per heavy atom. The molecule has 1 aromatic carbocycles. The fourth-order valence-electron chi connectivity index (χ4n) is 3.45. The molecule has 4 N–H and O–H groups in total. The molecule has 0 saturated heterocycles. The second-order valence-electron chi connectivity index (χ2n) is 8.60. The lowest BCUT2D eigenvalue weighted by Gasteiger charge is -2.14. The predicted octanol–water partition coefficient (Wildman–Crippen LogP) is 4.15. The standard InChI is InChI=1S/C26H40N2O7/c1-2-3-18-27-23(29)17-16-22(26(33)34)28-24(30)11-9-7-5-4-6-8-10-19-35-21-14-12-20(13-15-21)25(31)32/h12-15,22H,2-11,16-19H2,1H3,(H,27,29)(H,28,30)(H,31,32)(H,33,34). The first-order valence-electron chi connectivity index (χ1n) is 12.6. The van der Waals surface area contributed by atoms with Gasteiger partial charge in [-0.25, -0.2) is 9.59 Å². The van der Waals surface area contributed by atoms with Gasteiger partial charge in [-0.3, -0.25) is 9.59 Å². The summed E-state index contributed by atoms with van der Waals surface area (Å²) in [6, 6.07) is 5.31. The van der Waals surface area contributed by atoms with E-state index < -0.39 is 18.0 Å². The van der Waals surface area contributed by atoms with Crippen molar-refractivity contribution < 1.29 is 34.1 Å². The Morgan fingerprint density at radius 2 is 1.46 bits per heavy atom. The number of amides is 2. The normalized spacial score (nSPS) is 11.5. The molecule has 0 aliphatic heterocycles. The van der Waals surface area contributed by atoms with Crippen LogP contribution in [-0.2, 0) is 14.4 Å². The first-order chi connectivity index (χ1) is 16.8. The molecule has 0 fully saturated rings. The van der Waals surface area contributed by atoms with E-state index in [1.165, 1.54) is 12.1 Å². The number of carboxylic acid groups (broad SMARTS) is 2. The lowest BCUT2D eigenvalue weighted by Crippen LogP contribution is -2.41. The van der Waals surface area contributed by atoms with E-state index in [-0.39, 0.29) is 36.6 Å². The zero-order valence-corrected chi connectivity index (χ0v) is 20.7. The van der Waals surface area contributed by atoms with Crippen molar-refractivity contribution in [2.24, 2.45) is 0 Å². The Hall–Kier alpha value is -3.10. The molecule has 1 atom stereocenters. The summed E-state index contributed by atoms with van der Waals surface area (Å²) in [6.45, 7) is 3.18. The number of aromatic carboxylic acids is 1. The fourth-order valence-corrected chi connectivity index (χ4v) is 3.45. The number of nitrogens with one attached hydrogen (secondary N) is 2. The molecular weight excluding hydrogens is 452 g/mol. The smallest absolute Gasteiger partial charge is 0.335 e.